The lowest BCUT2D eigenvalue weighted by atomic mass is 10.2. The van der Waals surface area contributed by atoms with Crippen molar-refractivity contribution in [3.63, 3.8) is 0 Å². The number of ether oxygens (including phenoxy) is 2. The van der Waals surface area contributed by atoms with Gasteiger partial charge in [0.15, 0.2) is 11.5 Å². The third-order valence-electron chi connectivity index (χ3n) is 3.70. The number of nitrogens with zero attached hydrogens (tertiary/aromatic N) is 1. The maximum Gasteiger partial charge on any atom is 0.364 e. The van der Waals surface area contributed by atoms with E-state index in [0.29, 0.717) is 16.1 Å². The number of nitrogens with one attached hydrogen (secondary N) is 2. The number of anilines is 1. The van der Waals surface area contributed by atoms with Crippen LogP contribution in [0.25, 0.3) is 10.7 Å². The van der Waals surface area contributed by atoms with Crippen LogP contribution < -0.4 is 10.9 Å². The molecule has 0 aliphatic heterocycles. The average Bonchev–Trinajstić information content (AvgIpc) is 3.18. The molecule has 1 amide bonds. The smallest absolute Gasteiger partial charge is 0.364 e. The maximum absolute atomic E-state index is 12.4. The lowest BCUT2D eigenvalue weighted by Gasteiger charge is -2.09. The topological polar surface area (TPSA) is 148 Å². The van der Waals surface area contributed by atoms with Crippen LogP contribution in [0.3, 0.4) is 0 Å². The zero-order valence-electron chi connectivity index (χ0n) is 15.5. The molecule has 30 heavy (non-hydrogen) atoms. The van der Waals surface area contributed by atoms with Crippen molar-refractivity contribution < 1.29 is 29.0 Å². The van der Waals surface area contributed by atoms with Gasteiger partial charge in [0, 0.05) is 12.5 Å². The van der Waals surface area contributed by atoms with Gasteiger partial charge in [0.1, 0.15) is 0 Å². The van der Waals surface area contributed by atoms with Crippen molar-refractivity contribution in [3.8, 4) is 16.5 Å². The molecule has 11 heteroatoms. The van der Waals surface area contributed by atoms with Gasteiger partial charge in [-0.1, -0.05) is 18.2 Å². The molecular formula is C19H15N3O7S. The van der Waals surface area contributed by atoms with Gasteiger partial charge >= 0.3 is 11.9 Å². The van der Waals surface area contributed by atoms with Crippen LogP contribution in [0.15, 0.2) is 46.6 Å². The zero-order chi connectivity index (χ0) is 21.7. The zero-order valence-corrected chi connectivity index (χ0v) is 16.3. The van der Waals surface area contributed by atoms with Crippen molar-refractivity contribution in [2.75, 3.05) is 12.1 Å². The van der Waals surface area contributed by atoms with E-state index in [2.05, 4.69) is 24.8 Å². The average molecular weight is 429 g/mol. The SMILES string of the molecule is CC(=O)OCOC(=O)c1nc(-c2sccc2NC(=O)c2ccccc2)[nH]c(=O)c1O. The molecule has 0 aliphatic rings. The number of rotatable bonds is 6. The number of H-pyrrole nitrogens is 1. The second kappa shape index (κ2) is 9.01. The molecule has 0 bridgehead atoms. The van der Waals surface area contributed by atoms with Crippen LogP contribution in [0.2, 0.25) is 0 Å². The second-order valence-corrected chi connectivity index (χ2v) is 6.70. The molecule has 2 aromatic heterocycles. The molecule has 154 valence electrons. The first-order valence-corrected chi connectivity index (χ1v) is 9.33. The van der Waals surface area contributed by atoms with E-state index in [4.69, 9.17) is 0 Å². The Morgan fingerprint density at radius 3 is 2.60 bits per heavy atom. The molecule has 0 aliphatic carbocycles. The van der Waals surface area contributed by atoms with Crippen molar-refractivity contribution in [2.24, 2.45) is 0 Å². The monoisotopic (exact) mass is 429 g/mol. The molecular weight excluding hydrogens is 414 g/mol. The summed E-state index contributed by atoms with van der Waals surface area (Å²) in [6.45, 7) is 0.422. The van der Waals surface area contributed by atoms with Crippen LogP contribution in [0.1, 0.15) is 27.8 Å². The van der Waals surface area contributed by atoms with E-state index in [-0.39, 0.29) is 11.7 Å². The normalized spacial score (nSPS) is 10.3. The Morgan fingerprint density at radius 1 is 1.17 bits per heavy atom. The molecule has 2 heterocycles. The van der Waals surface area contributed by atoms with Gasteiger partial charge in [0.05, 0.1) is 10.6 Å². The Labute approximate surface area is 173 Å². The summed E-state index contributed by atoms with van der Waals surface area (Å²) >= 11 is 1.15. The number of esters is 2. The highest BCUT2D eigenvalue weighted by Gasteiger charge is 2.22. The summed E-state index contributed by atoms with van der Waals surface area (Å²) in [6.07, 6.45) is 0. The van der Waals surface area contributed by atoms with Crippen LogP contribution in [0.4, 0.5) is 5.69 Å². The molecule has 3 N–H and O–H groups in total. The molecule has 0 atom stereocenters. The fraction of sp³-hybridized carbons (Fsp3) is 0.105. The van der Waals surface area contributed by atoms with Gasteiger partial charge < -0.3 is 24.9 Å². The van der Waals surface area contributed by atoms with Gasteiger partial charge in [-0.2, -0.15) is 0 Å². The van der Waals surface area contributed by atoms with Crippen LogP contribution >= 0.6 is 11.3 Å². The minimum atomic E-state index is -1.16. The number of benzene rings is 1. The molecule has 0 fully saturated rings. The van der Waals surface area contributed by atoms with E-state index in [0.717, 1.165) is 18.3 Å². The Kier molecular flexibility index (Phi) is 6.23. The van der Waals surface area contributed by atoms with Gasteiger partial charge in [0.25, 0.3) is 11.5 Å². The molecule has 0 spiro atoms. The minimum Gasteiger partial charge on any atom is -0.501 e. The summed E-state index contributed by atoms with van der Waals surface area (Å²) in [7, 11) is 0. The first-order valence-electron chi connectivity index (χ1n) is 8.45. The van der Waals surface area contributed by atoms with Gasteiger partial charge in [-0.05, 0) is 23.6 Å². The fourth-order valence-corrected chi connectivity index (χ4v) is 3.12. The lowest BCUT2D eigenvalue weighted by Crippen LogP contribution is -2.19. The quantitative estimate of drug-likeness (QED) is 0.399. The highest BCUT2D eigenvalue weighted by molar-refractivity contribution is 7.14. The van der Waals surface area contributed by atoms with Crippen LogP contribution in [0, 0.1) is 0 Å². The third-order valence-corrected chi connectivity index (χ3v) is 4.63. The maximum atomic E-state index is 12.4. The Bertz CT molecular complexity index is 1150. The summed E-state index contributed by atoms with van der Waals surface area (Å²) < 4.78 is 9.16. The molecule has 0 saturated carbocycles. The lowest BCUT2D eigenvalue weighted by molar-refractivity contribution is -0.149. The van der Waals surface area contributed by atoms with Crippen LogP contribution in [0.5, 0.6) is 5.75 Å². The number of carbonyl (C=O) groups is 3. The Hall–Kier alpha value is -3.99. The number of aromatic hydroxyl groups is 1. The molecule has 3 rings (SSSR count). The number of amides is 1. The standard InChI is InChI=1S/C19H15N3O7S/c1-10(23)28-9-29-19(27)13-14(24)18(26)22-16(21-13)15-12(7-8-30-15)20-17(25)11-5-3-2-4-6-11/h2-8,24H,9H2,1H3,(H,20,25)(H,21,22,26). The van der Waals surface area contributed by atoms with E-state index < -0.39 is 35.7 Å². The molecule has 0 unspecified atom stereocenters. The first-order chi connectivity index (χ1) is 14.4. The Morgan fingerprint density at radius 2 is 1.90 bits per heavy atom. The van der Waals surface area contributed by atoms with E-state index in [1.54, 1.807) is 41.8 Å². The molecule has 0 radical (unpaired) electrons. The summed E-state index contributed by atoms with van der Waals surface area (Å²) in [6, 6.07) is 10.1. The minimum absolute atomic E-state index is 0.0596. The fourth-order valence-electron chi connectivity index (χ4n) is 2.33. The molecule has 0 saturated heterocycles. The molecule has 10 nitrogen and oxygen atoms in total. The van der Waals surface area contributed by atoms with Crippen molar-refractivity contribution in [1.29, 1.82) is 0 Å². The summed E-state index contributed by atoms with van der Waals surface area (Å²) in [5, 5.41) is 14.2. The molecule has 3 aromatic rings. The van der Waals surface area contributed by atoms with E-state index in [1.165, 1.54) is 0 Å². The summed E-state index contributed by atoms with van der Waals surface area (Å²) in [5.41, 5.74) is -0.860. The summed E-state index contributed by atoms with van der Waals surface area (Å²) in [5.74, 6) is -3.22. The number of aromatic amines is 1. The van der Waals surface area contributed by atoms with E-state index in [1.807, 2.05) is 0 Å². The van der Waals surface area contributed by atoms with Crippen LogP contribution in [-0.4, -0.2) is 39.7 Å². The van der Waals surface area contributed by atoms with Gasteiger partial charge in [0.2, 0.25) is 12.5 Å². The largest absolute Gasteiger partial charge is 0.501 e. The van der Waals surface area contributed by atoms with Gasteiger partial charge in [-0.25, -0.2) is 9.78 Å². The molecule has 1 aromatic carbocycles. The second-order valence-electron chi connectivity index (χ2n) is 5.78. The third kappa shape index (κ3) is 4.70. The number of thiophene rings is 1. The van der Waals surface area contributed by atoms with Gasteiger partial charge in [-0.15, -0.1) is 11.3 Å². The van der Waals surface area contributed by atoms with Gasteiger partial charge in [-0.3, -0.25) is 14.4 Å². The predicted molar refractivity (Wildman–Crippen MR) is 106 cm³/mol. The number of hydrogen-bond donors (Lipinski definition) is 3. The number of hydrogen-bond acceptors (Lipinski definition) is 9. The highest BCUT2D eigenvalue weighted by atomic mass is 32.1. The van der Waals surface area contributed by atoms with Crippen molar-refractivity contribution in [2.45, 2.75) is 6.92 Å². The predicted octanol–water partition coefficient (Wildman–Crippen LogP) is 2.13. The van der Waals surface area contributed by atoms with Crippen LogP contribution in [-0.2, 0) is 14.3 Å². The van der Waals surface area contributed by atoms with Crippen molar-refractivity contribution >= 4 is 34.9 Å². The first kappa shape index (κ1) is 20.7. The highest BCUT2D eigenvalue weighted by Crippen LogP contribution is 2.32. The van der Waals surface area contributed by atoms with E-state index in [9.17, 15) is 24.3 Å². The summed E-state index contributed by atoms with van der Waals surface area (Å²) in [4.78, 5) is 54.0. The van der Waals surface area contributed by atoms with Crippen molar-refractivity contribution in [3.05, 3.63) is 63.4 Å². The Balaban J connectivity index is 1.88. The van der Waals surface area contributed by atoms with E-state index >= 15 is 0 Å². The van der Waals surface area contributed by atoms with Crippen molar-refractivity contribution in [1.82, 2.24) is 9.97 Å². The number of aromatic nitrogens is 2. The number of carbonyl (C=O) groups excluding carboxylic acids is 3.